The molecule has 1 amide bonds. The predicted octanol–water partition coefficient (Wildman–Crippen LogP) is 0.559. The van der Waals surface area contributed by atoms with Crippen LogP contribution in [0.2, 0.25) is 5.02 Å². The fourth-order valence-corrected chi connectivity index (χ4v) is 2.14. The number of aromatic nitrogens is 2. The molecule has 2 heterocycles. The van der Waals surface area contributed by atoms with Crippen molar-refractivity contribution in [2.75, 3.05) is 18.9 Å². The van der Waals surface area contributed by atoms with Gasteiger partial charge in [-0.2, -0.15) is 5.10 Å². The molecule has 1 aliphatic rings. The topological polar surface area (TPSA) is 67.2 Å². The lowest BCUT2D eigenvalue weighted by molar-refractivity contribution is -0.127. The summed E-state index contributed by atoms with van der Waals surface area (Å²) >= 11 is 5.98. The van der Waals surface area contributed by atoms with Crippen molar-refractivity contribution < 1.29 is 4.79 Å². The summed E-state index contributed by atoms with van der Waals surface area (Å²) in [6.07, 6.45) is 2.18. The minimum Gasteiger partial charge on any atom is -0.371 e. The second-order valence-corrected chi connectivity index (χ2v) is 4.62. The predicted molar refractivity (Wildman–Crippen MR) is 68.8 cm³/mol. The number of hydrogen-bond acceptors (Lipinski definition) is 4. The average Bonchev–Trinajstić information content (AvgIpc) is 2.67. The quantitative estimate of drug-likeness (QED) is 0.871. The van der Waals surface area contributed by atoms with E-state index in [0.717, 1.165) is 0 Å². The van der Waals surface area contributed by atoms with Crippen LogP contribution in [0.3, 0.4) is 0 Å². The van der Waals surface area contributed by atoms with E-state index >= 15 is 0 Å². The highest BCUT2D eigenvalue weighted by molar-refractivity contribution is 6.33. The van der Waals surface area contributed by atoms with Crippen LogP contribution in [-0.2, 0) is 11.3 Å². The third kappa shape index (κ3) is 2.20. The first-order valence-corrected chi connectivity index (χ1v) is 6.19. The first-order valence-electron chi connectivity index (χ1n) is 5.81. The molecule has 1 aromatic rings. The number of anilines is 1. The molecule has 1 unspecified atom stereocenters. The number of hydrogen-bond donors (Lipinski definition) is 1. The maximum atomic E-state index is 11.8. The molecular formula is C11H15ClN4O2. The van der Waals surface area contributed by atoms with Gasteiger partial charge in [-0.15, -0.1) is 0 Å². The van der Waals surface area contributed by atoms with Crippen LogP contribution in [0.4, 0.5) is 5.69 Å². The molecule has 0 aromatic carbocycles. The first kappa shape index (κ1) is 12.9. The Morgan fingerprint density at radius 3 is 2.83 bits per heavy atom. The molecule has 0 aliphatic carbocycles. The summed E-state index contributed by atoms with van der Waals surface area (Å²) in [6, 6.07) is -0.328. The third-order valence-corrected chi connectivity index (χ3v) is 3.41. The zero-order valence-corrected chi connectivity index (χ0v) is 11.1. The van der Waals surface area contributed by atoms with E-state index in [1.165, 1.54) is 10.9 Å². The van der Waals surface area contributed by atoms with Crippen LogP contribution in [-0.4, -0.2) is 40.2 Å². The van der Waals surface area contributed by atoms with E-state index in [0.29, 0.717) is 25.2 Å². The van der Waals surface area contributed by atoms with E-state index < -0.39 is 0 Å². The highest BCUT2D eigenvalue weighted by Crippen LogP contribution is 2.20. The molecule has 0 spiro atoms. The Kier molecular flexibility index (Phi) is 3.56. The highest BCUT2D eigenvalue weighted by atomic mass is 35.5. The molecule has 0 bridgehead atoms. The van der Waals surface area contributed by atoms with Crippen LogP contribution in [0.25, 0.3) is 0 Å². The Labute approximate surface area is 110 Å². The Balaban J connectivity index is 2.23. The standard InChI is InChI=1S/C11H15ClN4O2/c1-3-16-11(18)9(12)8(6-13-16)14-7-4-5-15(2)10(7)17/h6-7,14H,3-5H2,1-2H3. The molecule has 1 saturated heterocycles. The molecule has 6 nitrogen and oxygen atoms in total. The molecule has 1 aromatic heterocycles. The lowest BCUT2D eigenvalue weighted by Crippen LogP contribution is -2.32. The maximum absolute atomic E-state index is 11.8. The van der Waals surface area contributed by atoms with Crippen LogP contribution >= 0.6 is 11.6 Å². The number of carbonyl (C=O) groups is 1. The van der Waals surface area contributed by atoms with E-state index in [2.05, 4.69) is 10.4 Å². The second kappa shape index (κ2) is 4.97. The van der Waals surface area contributed by atoms with Crippen LogP contribution < -0.4 is 10.9 Å². The normalized spacial score (nSPS) is 19.4. The number of nitrogens with zero attached hydrogens (tertiary/aromatic N) is 3. The zero-order chi connectivity index (χ0) is 13.3. The van der Waals surface area contributed by atoms with Gasteiger partial charge in [-0.1, -0.05) is 11.6 Å². The van der Waals surface area contributed by atoms with Gasteiger partial charge in [0.05, 0.1) is 11.9 Å². The molecule has 0 radical (unpaired) electrons. The van der Waals surface area contributed by atoms with Gasteiger partial charge in [0.15, 0.2) is 0 Å². The van der Waals surface area contributed by atoms with Gasteiger partial charge in [-0.05, 0) is 13.3 Å². The molecule has 98 valence electrons. The minimum atomic E-state index is -0.344. The van der Waals surface area contributed by atoms with Crippen molar-refractivity contribution in [1.82, 2.24) is 14.7 Å². The molecule has 2 rings (SSSR count). The zero-order valence-electron chi connectivity index (χ0n) is 10.3. The fraction of sp³-hybridized carbons (Fsp3) is 0.545. The second-order valence-electron chi connectivity index (χ2n) is 4.24. The van der Waals surface area contributed by atoms with Gasteiger partial charge in [0.25, 0.3) is 5.56 Å². The molecule has 1 fully saturated rings. The monoisotopic (exact) mass is 270 g/mol. The number of likely N-dealkylation sites (tertiary alicyclic amines) is 1. The van der Waals surface area contributed by atoms with Gasteiger partial charge < -0.3 is 10.2 Å². The summed E-state index contributed by atoms with van der Waals surface area (Å²) in [5, 5.41) is 7.04. The van der Waals surface area contributed by atoms with E-state index in [1.54, 1.807) is 11.9 Å². The number of amides is 1. The summed E-state index contributed by atoms with van der Waals surface area (Å²) < 4.78 is 1.27. The number of carbonyl (C=O) groups excluding carboxylic acids is 1. The molecule has 1 N–H and O–H groups in total. The van der Waals surface area contributed by atoms with E-state index in [9.17, 15) is 9.59 Å². The number of nitrogens with one attached hydrogen (secondary N) is 1. The largest absolute Gasteiger partial charge is 0.371 e. The van der Waals surface area contributed by atoms with Gasteiger partial charge in [-0.25, -0.2) is 4.68 Å². The molecule has 0 saturated carbocycles. The van der Waals surface area contributed by atoms with Crippen molar-refractivity contribution in [1.29, 1.82) is 0 Å². The summed E-state index contributed by atoms with van der Waals surface area (Å²) in [7, 11) is 1.75. The van der Waals surface area contributed by atoms with Gasteiger partial charge in [-0.3, -0.25) is 9.59 Å². The van der Waals surface area contributed by atoms with E-state index in [4.69, 9.17) is 11.6 Å². The highest BCUT2D eigenvalue weighted by Gasteiger charge is 2.29. The van der Waals surface area contributed by atoms with Crippen molar-refractivity contribution in [3.05, 3.63) is 21.6 Å². The van der Waals surface area contributed by atoms with Crippen LogP contribution in [0.5, 0.6) is 0 Å². The summed E-state index contributed by atoms with van der Waals surface area (Å²) in [4.78, 5) is 25.2. The summed E-state index contributed by atoms with van der Waals surface area (Å²) in [6.45, 7) is 2.98. The Hall–Kier alpha value is -1.56. The lowest BCUT2D eigenvalue weighted by Gasteiger charge is -2.14. The number of halogens is 1. The van der Waals surface area contributed by atoms with Crippen molar-refractivity contribution in [2.45, 2.75) is 25.9 Å². The molecular weight excluding hydrogens is 256 g/mol. The van der Waals surface area contributed by atoms with Gasteiger partial charge in [0.1, 0.15) is 11.1 Å². The van der Waals surface area contributed by atoms with Gasteiger partial charge in [0.2, 0.25) is 5.91 Å². The SMILES string of the molecule is CCn1ncc(NC2CCN(C)C2=O)c(Cl)c1=O. The Morgan fingerprint density at radius 2 is 2.28 bits per heavy atom. The maximum Gasteiger partial charge on any atom is 0.287 e. The van der Waals surface area contributed by atoms with Crippen molar-refractivity contribution in [3.8, 4) is 0 Å². The van der Waals surface area contributed by atoms with Crippen LogP contribution in [0, 0.1) is 0 Å². The summed E-state index contributed by atoms with van der Waals surface area (Å²) in [5.74, 6) is 0.00531. The van der Waals surface area contributed by atoms with Crippen LogP contribution in [0.15, 0.2) is 11.0 Å². The number of rotatable bonds is 3. The summed E-state index contributed by atoms with van der Waals surface area (Å²) in [5.41, 5.74) is 0.0722. The number of likely N-dealkylation sites (N-methyl/N-ethyl adjacent to an activating group) is 1. The van der Waals surface area contributed by atoms with Crippen molar-refractivity contribution >= 4 is 23.2 Å². The van der Waals surface area contributed by atoms with E-state index in [-0.39, 0.29) is 22.5 Å². The molecule has 7 heteroatoms. The van der Waals surface area contributed by atoms with Crippen LogP contribution in [0.1, 0.15) is 13.3 Å². The molecule has 1 atom stereocenters. The third-order valence-electron chi connectivity index (χ3n) is 3.04. The van der Waals surface area contributed by atoms with Crippen molar-refractivity contribution in [2.24, 2.45) is 0 Å². The minimum absolute atomic E-state index is 0.00531. The Bertz CT molecular complexity index is 528. The number of aryl methyl sites for hydroxylation is 1. The first-order chi connectivity index (χ1) is 8.54. The fourth-order valence-electron chi connectivity index (χ4n) is 1.93. The average molecular weight is 271 g/mol. The van der Waals surface area contributed by atoms with Gasteiger partial charge in [0, 0.05) is 20.1 Å². The van der Waals surface area contributed by atoms with E-state index in [1.807, 2.05) is 6.92 Å². The lowest BCUT2D eigenvalue weighted by atomic mass is 10.2. The molecule has 18 heavy (non-hydrogen) atoms. The molecule has 1 aliphatic heterocycles. The Morgan fingerprint density at radius 1 is 1.56 bits per heavy atom. The smallest absolute Gasteiger partial charge is 0.287 e. The van der Waals surface area contributed by atoms with Crippen molar-refractivity contribution in [3.63, 3.8) is 0 Å². The van der Waals surface area contributed by atoms with Gasteiger partial charge >= 0.3 is 0 Å².